The molecule has 0 aliphatic carbocycles. The molecule has 24 heavy (non-hydrogen) atoms. The monoisotopic (exact) mass is 360 g/mol. The first-order valence-electron chi connectivity index (χ1n) is 6.23. The predicted octanol–water partition coefficient (Wildman–Crippen LogP) is 4.16. The second-order valence-corrected chi connectivity index (χ2v) is 4.93. The summed E-state index contributed by atoms with van der Waals surface area (Å²) in [6.45, 7) is 0. The Morgan fingerprint density at radius 3 is 2.38 bits per heavy atom. The normalized spacial score (nSPS) is 11.2. The Balaban J connectivity index is 2.47. The van der Waals surface area contributed by atoms with Gasteiger partial charge >= 0.3 is 11.9 Å². The molecular weight excluding hydrogens is 353 g/mol. The van der Waals surface area contributed by atoms with Gasteiger partial charge in [-0.3, -0.25) is 14.9 Å². The number of nitro groups is 1. The number of alkyl halides is 3. The van der Waals surface area contributed by atoms with Crippen LogP contribution in [0, 0.1) is 10.1 Å². The Labute approximate surface area is 137 Å². The summed E-state index contributed by atoms with van der Waals surface area (Å²) in [5.74, 6) is -1.67. The number of ether oxygens (including phenoxy) is 1. The third kappa shape index (κ3) is 3.57. The molecule has 0 bridgehead atoms. The van der Waals surface area contributed by atoms with Gasteiger partial charge in [0.05, 0.1) is 15.5 Å². The molecule has 0 saturated heterocycles. The zero-order chi connectivity index (χ0) is 18.1. The summed E-state index contributed by atoms with van der Waals surface area (Å²) in [6.07, 6.45) is -4.60. The summed E-state index contributed by atoms with van der Waals surface area (Å²) in [6, 6.07) is 5.83. The Bertz CT molecular complexity index is 824. The van der Waals surface area contributed by atoms with E-state index in [1.54, 1.807) is 0 Å². The smallest absolute Gasteiger partial charge is 0.416 e. The summed E-state index contributed by atoms with van der Waals surface area (Å²) in [5.41, 5.74) is 2.95. The van der Waals surface area contributed by atoms with Gasteiger partial charge in [0.2, 0.25) is 5.75 Å². The van der Waals surface area contributed by atoms with Gasteiger partial charge in [-0.05, 0) is 30.3 Å². The second kappa shape index (κ2) is 6.36. The molecule has 0 spiro atoms. The fourth-order valence-corrected chi connectivity index (χ4v) is 2.09. The van der Waals surface area contributed by atoms with Crippen LogP contribution in [0.5, 0.6) is 11.5 Å². The highest BCUT2D eigenvalue weighted by Gasteiger charge is 2.31. The average molecular weight is 361 g/mol. The van der Waals surface area contributed by atoms with E-state index in [0.29, 0.717) is 12.1 Å². The van der Waals surface area contributed by atoms with E-state index in [9.17, 15) is 28.1 Å². The molecule has 2 N–H and O–H groups in total. The number of halogens is 4. The predicted molar refractivity (Wildman–Crippen MR) is 78.1 cm³/mol. The minimum absolute atomic E-state index is 0.241. The lowest BCUT2D eigenvalue weighted by atomic mass is 10.1. The minimum atomic E-state index is -4.60. The van der Waals surface area contributed by atoms with Crippen molar-refractivity contribution in [2.75, 3.05) is 0 Å². The van der Waals surface area contributed by atoms with Gasteiger partial charge in [0.1, 0.15) is 11.3 Å². The van der Waals surface area contributed by atoms with Crippen LogP contribution in [0.15, 0.2) is 36.4 Å². The number of benzene rings is 2. The van der Waals surface area contributed by atoms with E-state index in [0.717, 1.165) is 12.1 Å². The van der Waals surface area contributed by atoms with Crippen molar-refractivity contribution >= 4 is 23.2 Å². The Morgan fingerprint density at radius 2 is 1.88 bits per heavy atom. The molecule has 2 aromatic carbocycles. The van der Waals surface area contributed by atoms with Crippen LogP contribution in [0.3, 0.4) is 0 Å². The third-order valence-electron chi connectivity index (χ3n) is 2.93. The van der Waals surface area contributed by atoms with Crippen LogP contribution in [0.2, 0.25) is 5.02 Å². The number of hydrogen-bond acceptors (Lipinski definition) is 4. The molecule has 0 saturated carbocycles. The summed E-state index contributed by atoms with van der Waals surface area (Å²) in [7, 11) is 0. The van der Waals surface area contributed by atoms with E-state index in [1.165, 1.54) is 12.1 Å². The first kappa shape index (κ1) is 17.5. The highest BCUT2D eigenvalue weighted by atomic mass is 35.5. The maximum absolute atomic E-state index is 12.6. The molecular formula is C14H8ClF3N2O4. The second-order valence-electron chi connectivity index (χ2n) is 4.52. The van der Waals surface area contributed by atoms with Crippen molar-refractivity contribution in [3.05, 3.63) is 62.7 Å². The van der Waals surface area contributed by atoms with Crippen LogP contribution >= 0.6 is 11.6 Å². The van der Waals surface area contributed by atoms with E-state index in [1.807, 2.05) is 0 Å². The van der Waals surface area contributed by atoms with E-state index < -0.39 is 38.8 Å². The van der Waals surface area contributed by atoms with Gasteiger partial charge < -0.3 is 10.5 Å². The van der Waals surface area contributed by atoms with Crippen LogP contribution in [0.4, 0.5) is 18.9 Å². The standard InChI is InChI=1S/C14H8ClF3N2O4/c15-9-6-7(14(16,17)18)4-5-10(9)24-11-3-1-2-8(13(19)21)12(11)20(22)23/h1-6H,(H2,19,21). The average Bonchev–Trinajstić information content (AvgIpc) is 2.47. The lowest BCUT2D eigenvalue weighted by Gasteiger charge is -2.12. The zero-order valence-electron chi connectivity index (χ0n) is 11.6. The summed E-state index contributed by atoms with van der Waals surface area (Å²) < 4.78 is 43.0. The van der Waals surface area contributed by atoms with Crippen molar-refractivity contribution in [3.63, 3.8) is 0 Å². The lowest BCUT2D eigenvalue weighted by molar-refractivity contribution is -0.385. The molecule has 1 amide bonds. The molecule has 10 heteroatoms. The molecule has 2 aromatic rings. The maximum atomic E-state index is 12.6. The van der Waals surface area contributed by atoms with Gasteiger partial charge in [-0.25, -0.2) is 0 Å². The van der Waals surface area contributed by atoms with Gasteiger partial charge in [0, 0.05) is 0 Å². The van der Waals surface area contributed by atoms with Crippen LogP contribution in [-0.2, 0) is 6.18 Å². The molecule has 2 rings (SSSR count). The van der Waals surface area contributed by atoms with Crippen LogP contribution in [0.1, 0.15) is 15.9 Å². The largest absolute Gasteiger partial charge is 0.449 e. The number of rotatable bonds is 4. The van der Waals surface area contributed by atoms with Crippen molar-refractivity contribution in [2.24, 2.45) is 5.73 Å². The number of hydrogen-bond donors (Lipinski definition) is 1. The van der Waals surface area contributed by atoms with Gasteiger partial charge in [0.25, 0.3) is 5.91 Å². The van der Waals surface area contributed by atoms with E-state index in [2.05, 4.69) is 0 Å². The van der Waals surface area contributed by atoms with Crippen molar-refractivity contribution < 1.29 is 27.6 Å². The highest BCUT2D eigenvalue weighted by molar-refractivity contribution is 6.32. The number of nitro benzene ring substituents is 1. The van der Waals surface area contributed by atoms with Crippen LogP contribution < -0.4 is 10.5 Å². The topological polar surface area (TPSA) is 95.5 Å². The van der Waals surface area contributed by atoms with E-state index in [-0.39, 0.29) is 11.5 Å². The van der Waals surface area contributed by atoms with Crippen LogP contribution in [0.25, 0.3) is 0 Å². The number of amides is 1. The molecule has 0 heterocycles. The molecule has 0 aromatic heterocycles. The maximum Gasteiger partial charge on any atom is 0.416 e. The third-order valence-corrected chi connectivity index (χ3v) is 3.22. The van der Waals surface area contributed by atoms with Gasteiger partial charge in [0.15, 0.2) is 0 Å². The first-order chi connectivity index (χ1) is 11.1. The minimum Gasteiger partial charge on any atom is -0.449 e. The van der Waals surface area contributed by atoms with Crippen molar-refractivity contribution in [1.82, 2.24) is 0 Å². The number of para-hydroxylation sites is 1. The lowest BCUT2D eigenvalue weighted by Crippen LogP contribution is -2.13. The molecule has 0 aliphatic heterocycles. The fourth-order valence-electron chi connectivity index (χ4n) is 1.87. The van der Waals surface area contributed by atoms with Gasteiger partial charge in [-0.2, -0.15) is 13.2 Å². The molecule has 6 nitrogen and oxygen atoms in total. The van der Waals surface area contributed by atoms with E-state index in [4.69, 9.17) is 22.1 Å². The molecule has 0 radical (unpaired) electrons. The van der Waals surface area contributed by atoms with Crippen molar-refractivity contribution in [1.29, 1.82) is 0 Å². The molecule has 0 fully saturated rings. The SMILES string of the molecule is NC(=O)c1cccc(Oc2ccc(C(F)(F)F)cc2Cl)c1[N+](=O)[O-]. The number of nitrogens with two attached hydrogens (primary N) is 1. The first-order valence-corrected chi connectivity index (χ1v) is 6.61. The highest BCUT2D eigenvalue weighted by Crippen LogP contribution is 2.39. The zero-order valence-corrected chi connectivity index (χ0v) is 12.4. The van der Waals surface area contributed by atoms with Crippen LogP contribution in [-0.4, -0.2) is 10.8 Å². The summed E-state index contributed by atoms with van der Waals surface area (Å²) in [4.78, 5) is 21.5. The number of nitrogens with zero attached hydrogens (tertiary/aromatic N) is 1. The fraction of sp³-hybridized carbons (Fsp3) is 0.0714. The summed E-state index contributed by atoms with van der Waals surface area (Å²) >= 11 is 5.73. The summed E-state index contributed by atoms with van der Waals surface area (Å²) in [5, 5.41) is 10.7. The van der Waals surface area contributed by atoms with Gasteiger partial charge in [-0.1, -0.05) is 17.7 Å². The van der Waals surface area contributed by atoms with E-state index >= 15 is 0 Å². The Kier molecular flexibility index (Phi) is 4.65. The molecule has 0 aliphatic rings. The van der Waals surface area contributed by atoms with Crippen molar-refractivity contribution in [2.45, 2.75) is 6.18 Å². The Morgan fingerprint density at radius 1 is 1.21 bits per heavy atom. The quantitative estimate of drug-likeness (QED) is 0.654. The molecule has 126 valence electrons. The van der Waals surface area contributed by atoms with Gasteiger partial charge in [-0.15, -0.1) is 0 Å². The molecule has 0 atom stereocenters. The number of carbonyl (C=O) groups excluding carboxylic acids is 1. The Hall–Kier alpha value is -2.81. The number of carbonyl (C=O) groups is 1. The molecule has 0 unspecified atom stereocenters. The number of primary amides is 1. The van der Waals surface area contributed by atoms with Crippen molar-refractivity contribution in [3.8, 4) is 11.5 Å².